The molecule has 0 spiro atoms. The molecule has 1 aromatic rings. The normalized spacial score (nSPS) is 14.6. The lowest BCUT2D eigenvalue weighted by Crippen LogP contribution is -2.23. The van der Waals surface area contributed by atoms with Gasteiger partial charge in [-0.05, 0) is 44.4 Å². The molecule has 1 aromatic carbocycles. The van der Waals surface area contributed by atoms with E-state index in [1.165, 1.54) is 0 Å². The largest absolute Gasteiger partial charge is 0.494 e. The van der Waals surface area contributed by atoms with E-state index in [0.29, 0.717) is 6.61 Å². The van der Waals surface area contributed by atoms with E-state index >= 15 is 0 Å². The minimum atomic E-state index is 0.00868. The summed E-state index contributed by atoms with van der Waals surface area (Å²) in [4.78, 5) is 0. The third-order valence-corrected chi connectivity index (χ3v) is 2.55. The molecule has 0 aliphatic heterocycles. The van der Waals surface area contributed by atoms with Gasteiger partial charge in [-0.1, -0.05) is 12.1 Å². The summed E-state index contributed by atoms with van der Waals surface area (Å²) >= 11 is 0. The SMILES string of the molecule is CCOc1ccc(C(N)CC(C)N)cc1C. The summed E-state index contributed by atoms with van der Waals surface area (Å²) in [6.07, 6.45) is 0.799. The standard InChI is InChI=1S/C13H22N2O/c1-4-16-13-6-5-11(7-9(13)2)12(15)8-10(3)14/h5-7,10,12H,4,8,14-15H2,1-3H3. The van der Waals surface area contributed by atoms with Gasteiger partial charge < -0.3 is 16.2 Å². The summed E-state index contributed by atoms with van der Waals surface area (Å²) < 4.78 is 5.49. The molecular formula is C13H22N2O. The first-order valence-electron chi connectivity index (χ1n) is 5.79. The van der Waals surface area contributed by atoms with Crippen LogP contribution in [0.2, 0.25) is 0 Å². The number of ether oxygens (including phenoxy) is 1. The number of nitrogens with two attached hydrogens (primary N) is 2. The lowest BCUT2D eigenvalue weighted by molar-refractivity contribution is 0.337. The molecule has 0 aliphatic carbocycles. The minimum Gasteiger partial charge on any atom is -0.494 e. The van der Waals surface area contributed by atoms with Crippen molar-refractivity contribution in [2.75, 3.05) is 6.61 Å². The molecule has 0 aromatic heterocycles. The third-order valence-electron chi connectivity index (χ3n) is 2.55. The van der Waals surface area contributed by atoms with Crippen molar-refractivity contribution >= 4 is 0 Å². The summed E-state index contributed by atoms with van der Waals surface area (Å²) in [5.41, 5.74) is 14.1. The van der Waals surface area contributed by atoms with Crippen molar-refractivity contribution < 1.29 is 4.74 Å². The number of hydrogen-bond acceptors (Lipinski definition) is 3. The van der Waals surface area contributed by atoms with Gasteiger partial charge in [-0.25, -0.2) is 0 Å². The fourth-order valence-electron chi connectivity index (χ4n) is 1.76. The fraction of sp³-hybridized carbons (Fsp3) is 0.538. The lowest BCUT2D eigenvalue weighted by Gasteiger charge is -2.16. The topological polar surface area (TPSA) is 61.3 Å². The van der Waals surface area contributed by atoms with Gasteiger partial charge >= 0.3 is 0 Å². The lowest BCUT2D eigenvalue weighted by atomic mass is 9.99. The highest BCUT2D eigenvalue weighted by Crippen LogP contribution is 2.23. The Hall–Kier alpha value is -1.06. The van der Waals surface area contributed by atoms with Gasteiger partial charge in [0.25, 0.3) is 0 Å². The molecule has 2 atom stereocenters. The molecule has 16 heavy (non-hydrogen) atoms. The molecule has 1 rings (SSSR count). The smallest absolute Gasteiger partial charge is 0.122 e. The van der Waals surface area contributed by atoms with Gasteiger partial charge in [-0.15, -0.1) is 0 Å². The number of hydrogen-bond donors (Lipinski definition) is 2. The van der Waals surface area contributed by atoms with E-state index in [1.807, 2.05) is 32.9 Å². The highest BCUT2D eigenvalue weighted by molar-refractivity contribution is 5.37. The van der Waals surface area contributed by atoms with Gasteiger partial charge in [0.1, 0.15) is 5.75 Å². The third kappa shape index (κ3) is 3.51. The number of aryl methyl sites for hydroxylation is 1. The average molecular weight is 222 g/mol. The molecule has 0 heterocycles. The molecule has 3 heteroatoms. The molecule has 3 nitrogen and oxygen atoms in total. The van der Waals surface area contributed by atoms with Gasteiger partial charge in [0.15, 0.2) is 0 Å². The number of rotatable bonds is 5. The summed E-state index contributed by atoms with van der Waals surface area (Å²) in [5.74, 6) is 0.930. The fourth-order valence-corrected chi connectivity index (χ4v) is 1.76. The van der Waals surface area contributed by atoms with E-state index in [2.05, 4.69) is 6.07 Å². The maximum atomic E-state index is 6.07. The minimum absolute atomic E-state index is 0.00868. The molecule has 0 amide bonds. The van der Waals surface area contributed by atoms with Crippen LogP contribution in [0, 0.1) is 6.92 Å². The van der Waals surface area contributed by atoms with E-state index in [9.17, 15) is 0 Å². The maximum Gasteiger partial charge on any atom is 0.122 e. The van der Waals surface area contributed by atoms with E-state index in [-0.39, 0.29) is 12.1 Å². The quantitative estimate of drug-likeness (QED) is 0.802. The van der Waals surface area contributed by atoms with E-state index < -0.39 is 0 Å². The van der Waals surface area contributed by atoms with Crippen LogP contribution in [0.25, 0.3) is 0 Å². The molecule has 0 bridgehead atoms. The van der Waals surface area contributed by atoms with Crippen LogP contribution >= 0.6 is 0 Å². The zero-order valence-electron chi connectivity index (χ0n) is 10.4. The van der Waals surface area contributed by atoms with E-state index in [4.69, 9.17) is 16.2 Å². The van der Waals surface area contributed by atoms with Crippen molar-refractivity contribution in [3.05, 3.63) is 29.3 Å². The Bertz CT molecular complexity index is 337. The Morgan fingerprint density at radius 3 is 2.50 bits per heavy atom. The predicted molar refractivity (Wildman–Crippen MR) is 67.5 cm³/mol. The Kier molecular flexibility index (Phi) is 4.77. The van der Waals surface area contributed by atoms with E-state index in [1.54, 1.807) is 0 Å². The summed E-state index contributed by atoms with van der Waals surface area (Å²) in [5, 5.41) is 0. The van der Waals surface area contributed by atoms with Gasteiger partial charge in [0, 0.05) is 12.1 Å². The molecule has 4 N–H and O–H groups in total. The summed E-state index contributed by atoms with van der Waals surface area (Å²) in [6.45, 7) is 6.68. The Labute approximate surface area is 97.8 Å². The van der Waals surface area contributed by atoms with Crippen molar-refractivity contribution in [2.24, 2.45) is 11.5 Å². The van der Waals surface area contributed by atoms with Crippen molar-refractivity contribution in [1.29, 1.82) is 0 Å². The predicted octanol–water partition coefficient (Wildman–Crippen LogP) is 2.13. The Morgan fingerprint density at radius 1 is 1.31 bits per heavy atom. The van der Waals surface area contributed by atoms with Crippen molar-refractivity contribution in [3.63, 3.8) is 0 Å². The van der Waals surface area contributed by atoms with Crippen LogP contribution in [0.4, 0.5) is 0 Å². The highest BCUT2D eigenvalue weighted by atomic mass is 16.5. The Balaban J connectivity index is 2.79. The van der Waals surface area contributed by atoms with Crippen molar-refractivity contribution in [1.82, 2.24) is 0 Å². The zero-order valence-corrected chi connectivity index (χ0v) is 10.4. The summed E-state index contributed by atoms with van der Waals surface area (Å²) in [6, 6.07) is 6.22. The molecule has 0 aliphatic rings. The van der Waals surface area contributed by atoms with E-state index in [0.717, 1.165) is 23.3 Å². The van der Waals surface area contributed by atoms with Crippen molar-refractivity contribution in [3.8, 4) is 5.75 Å². The molecular weight excluding hydrogens is 200 g/mol. The number of benzene rings is 1. The molecule has 2 unspecified atom stereocenters. The molecule has 90 valence electrons. The van der Waals surface area contributed by atoms with Gasteiger partial charge in [-0.2, -0.15) is 0 Å². The van der Waals surface area contributed by atoms with Gasteiger partial charge in [0.05, 0.1) is 6.61 Å². The second kappa shape index (κ2) is 5.87. The van der Waals surface area contributed by atoms with Crippen LogP contribution in [-0.4, -0.2) is 12.6 Å². The van der Waals surface area contributed by atoms with Gasteiger partial charge in [0.2, 0.25) is 0 Å². The first-order chi connectivity index (χ1) is 7.54. The van der Waals surface area contributed by atoms with Gasteiger partial charge in [-0.3, -0.25) is 0 Å². The first-order valence-corrected chi connectivity index (χ1v) is 5.79. The first kappa shape index (κ1) is 13.0. The summed E-state index contributed by atoms with van der Waals surface area (Å²) in [7, 11) is 0. The Morgan fingerprint density at radius 2 is 2.00 bits per heavy atom. The molecule has 0 radical (unpaired) electrons. The zero-order chi connectivity index (χ0) is 12.1. The van der Waals surface area contributed by atoms with Crippen LogP contribution in [0.5, 0.6) is 5.75 Å². The maximum absolute atomic E-state index is 6.07. The van der Waals surface area contributed by atoms with Crippen molar-refractivity contribution in [2.45, 2.75) is 39.3 Å². The molecule has 0 saturated heterocycles. The monoisotopic (exact) mass is 222 g/mol. The highest BCUT2D eigenvalue weighted by Gasteiger charge is 2.10. The molecule has 0 saturated carbocycles. The second-order valence-corrected chi connectivity index (χ2v) is 4.28. The second-order valence-electron chi connectivity index (χ2n) is 4.28. The van der Waals surface area contributed by atoms with Crippen LogP contribution in [0.3, 0.4) is 0 Å². The van der Waals surface area contributed by atoms with Crippen LogP contribution in [-0.2, 0) is 0 Å². The van der Waals surface area contributed by atoms with Crippen LogP contribution in [0.1, 0.15) is 37.4 Å². The van der Waals surface area contributed by atoms with Crippen LogP contribution < -0.4 is 16.2 Å². The average Bonchev–Trinajstić information content (AvgIpc) is 2.20. The molecule has 0 fully saturated rings. The van der Waals surface area contributed by atoms with Crippen LogP contribution in [0.15, 0.2) is 18.2 Å².